The Morgan fingerprint density at radius 2 is 2.12 bits per heavy atom. The van der Waals surface area contributed by atoms with Crippen LogP contribution in [0.25, 0.3) is 0 Å². The van der Waals surface area contributed by atoms with Gasteiger partial charge in [0.05, 0.1) is 6.61 Å². The zero-order chi connectivity index (χ0) is 12.3. The first kappa shape index (κ1) is 12.8. The zero-order valence-electron chi connectivity index (χ0n) is 9.17. The van der Waals surface area contributed by atoms with E-state index in [1.807, 2.05) is 0 Å². The van der Waals surface area contributed by atoms with E-state index in [2.05, 4.69) is 4.98 Å². The number of halogens is 1. The number of aromatic nitrogens is 1. The van der Waals surface area contributed by atoms with E-state index in [1.54, 1.807) is 0 Å². The first-order valence-electron chi connectivity index (χ1n) is 5.30. The Hall–Kier alpha value is -0.690. The third-order valence-corrected chi connectivity index (χ3v) is 4.63. The van der Waals surface area contributed by atoms with Crippen molar-refractivity contribution in [2.24, 2.45) is 0 Å². The van der Waals surface area contributed by atoms with Gasteiger partial charge < -0.3 is 4.74 Å². The molecular weight excluding hydrogens is 264 g/mol. The molecule has 17 heavy (non-hydrogen) atoms. The molecule has 0 aromatic carbocycles. The summed E-state index contributed by atoms with van der Waals surface area (Å²) in [5.41, 5.74) is 0. The zero-order valence-corrected chi connectivity index (χ0v) is 10.7. The van der Waals surface area contributed by atoms with E-state index in [0.29, 0.717) is 32.7 Å². The van der Waals surface area contributed by atoms with Crippen LogP contribution in [0.3, 0.4) is 0 Å². The van der Waals surface area contributed by atoms with Crippen molar-refractivity contribution < 1.29 is 13.2 Å². The molecule has 94 valence electrons. The van der Waals surface area contributed by atoms with Gasteiger partial charge in [-0.15, -0.1) is 0 Å². The number of sulfonamides is 1. The van der Waals surface area contributed by atoms with E-state index in [-0.39, 0.29) is 10.0 Å². The Morgan fingerprint density at radius 1 is 1.29 bits per heavy atom. The lowest BCUT2D eigenvalue weighted by Crippen LogP contribution is -2.33. The van der Waals surface area contributed by atoms with Crippen LogP contribution >= 0.6 is 11.6 Å². The van der Waals surface area contributed by atoms with Gasteiger partial charge in [-0.3, -0.25) is 0 Å². The quantitative estimate of drug-likeness (QED) is 0.760. The van der Waals surface area contributed by atoms with Gasteiger partial charge >= 0.3 is 0 Å². The third-order valence-electron chi connectivity index (χ3n) is 2.52. The molecule has 7 heteroatoms. The minimum absolute atomic E-state index is 0.170. The van der Waals surface area contributed by atoms with Gasteiger partial charge in [0.25, 0.3) is 0 Å². The van der Waals surface area contributed by atoms with Crippen LogP contribution in [0.4, 0.5) is 0 Å². The first-order valence-corrected chi connectivity index (χ1v) is 7.12. The van der Waals surface area contributed by atoms with Crippen molar-refractivity contribution in [3.8, 4) is 0 Å². The van der Waals surface area contributed by atoms with Crippen LogP contribution in [0.1, 0.15) is 6.42 Å². The Kier molecular flexibility index (Phi) is 3.98. The minimum atomic E-state index is -3.47. The summed E-state index contributed by atoms with van der Waals surface area (Å²) in [4.78, 5) is 3.96. The summed E-state index contributed by atoms with van der Waals surface area (Å²) in [6, 6.07) is 2.94. The third kappa shape index (κ3) is 2.95. The fourth-order valence-electron chi connectivity index (χ4n) is 1.63. The largest absolute Gasteiger partial charge is 0.380 e. The molecule has 1 aliphatic heterocycles. The van der Waals surface area contributed by atoms with E-state index < -0.39 is 10.0 Å². The molecule has 0 N–H and O–H groups in total. The van der Waals surface area contributed by atoms with Gasteiger partial charge in [0.2, 0.25) is 10.0 Å². The maximum Gasteiger partial charge on any atom is 0.244 e. The number of hydrogen-bond acceptors (Lipinski definition) is 4. The summed E-state index contributed by atoms with van der Waals surface area (Å²) in [6.45, 7) is 1.89. The molecule has 0 amide bonds. The van der Waals surface area contributed by atoms with Crippen molar-refractivity contribution in [3.63, 3.8) is 0 Å². The van der Waals surface area contributed by atoms with Gasteiger partial charge in [0.15, 0.2) is 0 Å². The molecule has 1 aromatic heterocycles. The normalized spacial score (nSPS) is 18.9. The molecule has 0 unspecified atom stereocenters. The lowest BCUT2D eigenvalue weighted by molar-refractivity contribution is 0.148. The fraction of sp³-hybridized carbons (Fsp3) is 0.500. The van der Waals surface area contributed by atoms with Gasteiger partial charge in [-0.2, -0.15) is 4.31 Å². The van der Waals surface area contributed by atoms with Crippen LogP contribution in [0, 0.1) is 0 Å². The fourth-order valence-corrected chi connectivity index (χ4v) is 3.15. The van der Waals surface area contributed by atoms with Gasteiger partial charge in [0, 0.05) is 25.9 Å². The highest BCUT2D eigenvalue weighted by Crippen LogP contribution is 2.17. The van der Waals surface area contributed by atoms with Crippen LogP contribution < -0.4 is 0 Å². The molecule has 2 heterocycles. The highest BCUT2D eigenvalue weighted by atomic mass is 35.5. The smallest absolute Gasteiger partial charge is 0.244 e. The molecule has 0 atom stereocenters. The average molecular weight is 277 g/mol. The number of nitrogens with zero attached hydrogens (tertiary/aromatic N) is 2. The molecule has 1 fully saturated rings. The van der Waals surface area contributed by atoms with E-state index in [1.165, 1.54) is 22.6 Å². The standard InChI is InChI=1S/C10H13ClN2O3S/c11-10-3-2-9(8-12-10)17(14,15)13-4-1-6-16-7-5-13/h2-3,8H,1,4-7H2. The van der Waals surface area contributed by atoms with Gasteiger partial charge in [0.1, 0.15) is 10.0 Å². The second kappa shape index (κ2) is 5.30. The van der Waals surface area contributed by atoms with Crippen LogP contribution in [0.2, 0.25) is 5.15 Å². The Bertz CT molecular complexity index is 467. The topological polar surface area (TPSA) is 59.5 Å². The highest BCUT2D eigenvalue weighted by molar-refractivity contribution is 7.89. The van der Waals surface area contributed by atoms with E-state index in [9.17, 15) is 8.42 Å². The van der Waals surface area contributed by atoms with Crippen molar-refractivity contribution in [2.45, 2.75) is 11.3 Å². The van der Waals surface area contributed by atoms with Crippen molar-refractivity contribution >= 4 is 21.6 Å². The molecular formula is C10H13ClN2O3S. The molecule has 0 spiro atoms. The van der Waals surface area contributed by atoms with Crippen molar-refractivity contribution in [2.75, 3.05) is 26.3 Å². The van der Waals surface area contributed by atoms with Crippen LogP contribution in [-0.2, 0) is 14.8 Å². The number of hydrogen-bond donors (Lipinski definition) is 0. The second-order valence-corrected chi connectivity index (χ2v) is 6.01. The summed E-state index contributed by atoms with van der Waals surface area (Å²) in [5.74, 6) is 0. The van der Waals surface area contributed by atoms with Gasteiger partial charge in [-0.1, -0.05) is 11.6 Å². The molecule has 0 radical (unpaired) electrons. The lowest BCUT2D eigenvalue weighted by Gasteiger charge is -2.18. The number of pyridine rings is 1. The lowest BCUT2D eigenvalue weighted by atomic mass is 10.5. The summed E-state index contributed by atoms with van der Waals surface area (Å²) in [5, 5.41) is 0.281. The molecule has 0 aliphatic carbocycles. The summed E-state index contributed by atoms with van der Waals surface area (Å²) >= 11 is 5.63. The molecule has 1 aliphatic rings. The second-order valence-electron chi connectivity index (χ2n) is 3.69. The minimum Gasteiger partial charge on any atom is -0.380 e. The summed E-state index contributed by atoms with van der Waals surface area (Å²) in [7, 11) is -3.47. The van der Waals surface area contributed by atoms with Crippen molar-refractivity contribution in [3.05, 3.63) is 23.5 Å². The van der Waals surface area contributed by atoms with Crippen molar-refractivity contribution in [1.29, 1.82) is 0 Å². The molecule has 5 nitrogen and oxygen atoms in total. The first-order chi connectivity index (χ1) is 8.10. The molecule has 1 aromatic rings. The summed E-state index contributed by atoms with van der Waals surface area (Å²) < 4.78 is 31.1. The predicted molar refractivity (Wildman–Crippen MR) is 63.4 cm³/mol. The molecule has 0 saturated carbocycles. The Morgan fingerprint density at radius 3 is 2.82 bits per heavy atom. The van der Waals surface area contributed by atoms with Crippen LogP contribution in [0.5, 0.6) is 0 Å². The van der Waals surface area contributed by atoms with Crippen molar-refractivity contribution in [1.82, 2.24) is 9.29 Å². The number of rotatable bonds is 2. The SMILES string of the molecule is O=S(=O)(c1ccc(Cl)nc1)N1CCCOCC1. The Labute approximate surface area is 105 Å². The molecule has 2 rings (SSSR count). The van der Waals surface area contributed by atoms with Crippen LogP contribution in [-0.4, -0.2) is 44.0 Å². The van der Waals surface area contributed by atoms with E-state index >= 15 is 0 Å². The van der Waals surface area contributed by atoms with Gasteiger partial charge in [-0.05, 0) is 18.6 Å². The predicted octanol–water partition coefficient (Wildman–Crippen LogP) is 1.15. The molecule has 0 bridgehead atoms. The maximum atomic E-state index is 12.2. The summed E-state index contributed by atoms with van der Waals surface area (Å²) in [6.07, 6.45) is 1.99. The molecule has 1 saturated heterocycles. The van der Waals surface area contributed by atoms with Crippen LogP contribution in [0.15, 0.2) is 23.2 Å². The van der Waals surface area contributed by atoms with E-state index in [0.717, 1.165) is 0 Å². The monoisotopic (exact) mass is 276 g/mol. The van der Waals surface area contributed by atoms with Gasteiger partial charge in [-0.25, -0.2) is 13.4 Å². The van der Waals surface area contributed by atoms with E-state index in [4.69, 9.17) is 16.3 Å². The Balaban J connectivity index is 2.25. The number of ether oxygens (including phenoxy) is 1. The maximum absolute atomic E-state index is 12.2. The highest BCUT2D eigenvalue weighted by Gasteiger charge is 2.25. The average Bonchev–Trinajstić information content (AvgIpc) is 2.58.